The summed E-state index contributed by atoms with van der Waals surface area (Å²) in [6.45, 7) is 3.49. The van der Waals surface area contributed by atoms with Gasteiger partial charge in [-0.05, 0) is 32.0 Å². The van der Waals surface area contributed by atoms with Gasteiger partial charge in [-0.25, -0.2) is 18.4 Å². The topological polar surface area (TPSA) is 99.8 Å². The average molecular weight is 369 g/mol. The van der Waals surface area contributed by atoms with E-state index in [-0.39, 0.29) is 27.8 Å². The highest BCUT2D eigenvalue weighted by Gasteiger charge is 2.18. The molecule has 0 fully saturated rings. The average Bonchev–Trinajstić information content (AvgIpc) is 2.97. The van der Waals surface area contributed by atoms with Crippen LogP contribution in [0.25, 0.3) is 28.0 Å². The van der Waals surface area contributed by atoms with Crippen LogP contribution in [0.3, 0.4) is 0 Å². The first-order valence-electron chi connectivity index (χ1n) is 7.94. The van der Waals surface area contributed by atoms with Crippen molar-refractivity contribution in [2.45, 2.75) is 13.8 Å². The Morgan fingerprint density at radius 2 is 1.93 bits per heavy atom. The van der Waals surface area contributed by atoms with Gasteiger partial charge in [0.2, 0.25) is 5.43 Å². The predicted molar refractivity (Wildman–Crippen MR) is 94.4 cm³/mol. The van der Waals surface area contributed by atoms with E-state index in [0.29, 0.717) is 28.8 Å². The number of benzene rings is 1. The van der Waals surface area contributed by atoms with Crippen LogP contribution in [0.5, 0.6) is 0 Å². The van der Waals surface area contributed by atoms with Crippen LogP contribution in [0, 0.1) is 25.5 Å². The molecule has 0 aliphatic rings. The van der Waals surface area contributed by atoms with Crippen molar-refractivity contribution in [3.05, 3.63) is 63.8 Å². The number of pyridine rings is 1. The molecule has 0 amide bonds. The van der Waals surface area contributed by atoms with E-state index in [9.17, 15) is 13.6 Å². The summed E-state index contributed by atoms with van der Waals surface area (Å²) in [6, 6.07) is 4.98. The number of hydrogen-bond donors (Lipinski definition) is 1. The molecular formula is C18H13F2N5O2. The molecule has 0 atom stereocenters. The third-order valence-corrected chi connectivity index (χ3v) is 4.22. The third kappa shape index (κ3) is 2.64. The highest BCUT2D eigenvalue weighted by atomic mass is 19.1. The fourth-order valence-corrected chi connectivity index (χ4v) is 2.92. The van der Waals surface area contributed by atoms with Crippen LogP contribution >= 0.6 is 0 Å². The zero-order valence-corrected chi connectivity index (χ0v) is 14.3. The van der Waals surface area contributed by atoms with E-state index in [1.165, 1.54) is 0 Å². The van der Waals surface area contributed by atoms with Crippen molar-refractivity contribution in [1.82, 2.24) is 19.9 Å². The zero-order valence-electron chi connectivity index (χ0n) is 14.3. The summed E-state index contributed by atoms with van der Waals surface area (Å²) in [7, 11) is 0. The zero-order chi connectivity index (χ0) is 19.3. The number of hydrogen-bond acceptors (Lipinski definition) is 6. The molecule has 0 radical (unpaired) electrons. The molecule has 0 bridgehead atoms. The Bertz CT molecular complexity index is 1240. The Balaban J connectivity index is 2.05. The van der Waals surface area contributed by atoms with E-state index in [0.717, 1.165) is 16.9 Å². The van der Waals surface area contributed by atoms with Gasteiger partial charge in [0.05, 0.1) is 34.2 Å². The molecule has 2 N–H and O–H groups in total. The van der Waals surface area contributed by atoms with Gasteiger partial charge in [-0.15, -0.1) is 0 Å². The highest BCUT2D eigenvalue weighted by molar-refractivity contribution is 5.80. The lowest BCUT2D eigenvalue weighted by molar-refractivity contribution is 0.393. The molecule has 0 unspecified atom stereocenters. The first-order valence-corrected chi connectivity index (χ1v) is 7.94. The summed E-state index contributed by atoms with van der Waals surface area (Å²) in [4.78, 5) is 16.6. The van der Waals surface area contributed by atoms with Gasteiger partial charge in [0.1, 0.15) is 17.3 Å². The van der Waals surface area contributed by atoms with Gasteiger partial charge < -0.3 is 10.3 Å². The molecule has 0 aliphatic carbocycles. The quantitative estimate of drug-likeness (QED) is 0.546. The van der Waals surface area contributed by atoms with Crippen LogP contribution in [-0.4, -0.2) is 19.9 Å². The van der Waals surface area contributed by atoms with Crippen LogP contribution in [0.4, 0.5) is 14.5 Å². The normalized spacial score (nSPS) is 11.3. The van der Waals surface area contributed by atoms with Crippen molar-refractivity contribution >= 4 is 16.7 Å². The maximum absolute atomic E-state index is 14.4. The van der Waals surface area contributed by atoms with Gasteiger partial charge in [0.15, 0.2) is 11.5 Å². The van der Waals surface area contributed by atoms with Gasteiger partial charge in [0.25, 0.3) is 0 Å². The predicted octanol–water partition coefficient (Wildman–Crippen LogP) is 2.91. The molecule has 1 aromatic carbocycles. The third-order valence-electron chi connectivity index (χ3n) is 4.22. The minimum absolute atomic E-state index is 0.102. The van der Waals surface area contributed by atoms with Crippen molar-refractivity contribution in [2.75, 3.05) is 5.73 Å². The molecule has 136 valence electrons. The van der Waals surface area contributed by atoms with Crippen LogP contribution in [-0.2, 0) is 0 Å². The maximum atomic E-state index is 14.4. The SMILES string of the molecule is Cc1noc(C)c1-c1ccc2c(=O)cnn(-c3cc(N)c(F)cc3F)c2n1. The van der Waals surface area contributed by atoms with Gasteiger partial charge in [-0.1, -0.05) is 5.16 Å². The maximum Gasteiger partial charge on any atom is 0.209 e. The van der Waals surface area contributed by atoms with Crippen molar-refractivity contribution in [3.8, 4) is 16.9 Å². The summed E-state index contributed by atoms with van der Waals surface area (Å²) >= 11 is 0. The summed E-state index contributed by atoms with van der Waals surface area (Å²) in [5, 5.41) is 8.07. The molecule has 3 aromatic heterocycles. The number of nitrogens with zero attached hydrogens (tertiary/aromatic N) is 4. The lowest BCUT2D eigenvalue weighted by Gasteiger charge is -2.11. The summed E-state index contributed by atoms with van der Waals surface area (Å²) in [5.41, 5.74) is 6.68. The van der Waals surface area contributed by atoms with E-state index in [2.05, 4.69) is 15.2 Å². The van der Waals surface area contributed by atoms with E-state index >= 15 is 0 Å². The highest BCUT2D eigenvalue weighted by Crippen LogP contribution is 2.27. The summed E-state index contributed by atoms with van der Waals surface area (Å²) < 4.78 is 34.1. The van der Waals surface area contributed by atoms with Gasteiger partial charge in [-0.3, -0.25) is 4.79 Å². The Hall–Kier alpha value is -3.62. The van der Waals surface area contributed by atoms with Crippen LogP contribution in [0.15, 0.2) is 39.8 Å². The van der Waals surface area contributed by atoms with E-state index in [1.807, 2.05) is 0 Å². The van der Waals surface area contributed by atoms with Crippen LogP contribution in [0.2, 0.25) is 0 Å². The number of aryl methyl sites for hydroxylation is 2. The second-order valence-electron chi connectivity index (χ2n) is 6.01. The molecule has 0 spiro atoms. The van der Waals surface area contributed by atoms with Crippen molar-refractivity contribution < 1.29 is 13.3 Å². The van der Waals surface area contributed by atoms with Crippen molar-refractivity contribution in [1.29, 1.82) is 0 Å². The number of rotatable bonds is 2. The molecule has 4 rings (SSSR count). The largest absolute Gasteiger partial charge is 0.396 e. The molecular weight excluding hydrogens is 356 g/mol. The number of anilines is 1. The molecule has 3 heterocycles. The molecule has 0 aliphatic heterocycles. The van der Waals surface area contributed by atoms with Gasteiger partial charge in [-0.2, -0.15) is 5.10 Å². The second-order valence-corrected chi connectivity index (χ2v) is 6.01. The lowest BCUT2D eigenvalue weighted by Crippen LogP contribution is -2.14. The number of nitrogens with two attached hydrogens (primary N) is 1. The number of fused-ring (bicyclic) bond motifs is 1. The Morgan fingerprint density at radius 3 is 2.63 bits per heavy atom. The monoisotopic (exact) mass is 369 g/mol. The van der Waals surface area contributed by atoms with Crippen LogP contribution in [0.1, 0.15) is 11.5 Å². The van der Waals surface area contributed by atoms with Crippen LogP contribution < -0.4 is 11.2 Å². The number of aromatic nitrogens is 4. The van der Waals surface area contributed by atoms with Crippen molar-refractivity contribution in [3.63, 3.8) is 0 Å². The van der Waals surface area contributed by atoms with Gasteiger partial charge >= 0.3 is 0 Å². The fourth-order valence-electron chi connectivity index (χ4n) is 2.92. The lowest BCUT2D eigenvalue weighted by atomic mass is 10.1. The molecule has 4 aromatic rings. The Labute approximate surface area is 151 Å². The molecule has 0 saturated carbocycles. The Morgan fingerprint density at radius 1 is 1.15 bits per heavy atom. The van der Waals surface area contributed by atoms with E-state index < -0.39 is 11.6 Å². The molecule has 0 saturated heterocycles. The van der Waals surface area contributed by atoms with E-state index in [4.69, 9.17) is 10.3 Å². The minimum Gasteiger partial charge on any atom is -0.396 e. The number of halogens is 2. The van der Waals surface area contributed by atoms with Crippen molar-refractivity contribution in [2.24, 2.45) is 0 Å². The first kappa shape index (κ1) is 16.8. The number of nitrogen functional groups attached to an aromatic ring is 1. The van der Waals surface area contributed by atoms with Gasteiger partial charge in [0, 0.05) is 6.07 Å². The Kier molecular flexibility index (Phi) is 3.72. The summed E-state index contributed by atoms with van der Waals surface area (Å²) in [6.07, 6.45) is 1.04. The standard InChI is InChI=1S/C18H13F2N5O2/c1-8-17(9(2)27-24-8)14-4-3-10-16(26)7-22-25(18(10)23-14)15-6-13(21)11(19)5-12(15)20/h3-7H,21H2,1-2H3. The molecule has 9 heteroatoms. The van der Waals surface area contributed by atoms with E-state index in [1.54, 1.807) is 26.0 Å². The first-order chi connectivity index (χ1) is 12.9. The smallest absolute Gasteiger partial charge is 0.209 e. The molecule has 7 nitrogen and oxygen atoms in total. The minimum atomic E-state index is -0.885. The molecule has 27 heavy (non-hydrogen) atoms. The fraction of sp³-hybridized carbons (Fsp3) is 0.111. The second kappa shape index (κ2) is 5.97. The summed E-state index contributed by atoms with van der Waals surface area (Å²) in [5.74, 6) is -1.22.